The Morgan fingerprint density at radius 3 is 1.54 bits per heavy atom. The summed E-state index contributed by atoms with van der Waals surface area (Å²) in [4.78, 5) is 74.8. The highest BCUT2D eigenvalue weighted by atomic mass is 35.5. The molecule has 12 rings (SSSR count). The molecule has 0 spiro atoms. The highest BCUT2D eigenvalue weighted by molar-refractivity contribution is 6.34. The molecule has 0 unspecified atom stereocenters. The normalized spacial score (nSPS) is 17.1. The van der Waals surface area contributed by atoms with E-state index in [-0.39, 0.29) is 46.7 Å². The molecule has 0 saturated carbocycles. The molecule has 6 aromatic rings. The largest absolute Gasteiger partial charge is 0.382 e. The molecule has 19 heteroatoms. The van der Waals surface area contributed by atoms with E-state index in [1.807, 2.05) is 54.0 Å². The lowest BCUT2D eigenvalue weighted by Gasteiger charge is -2.20. The van der Waals surface area contributed by atoms with Crippen LogP contribution in [-0.4, -0.2) is 117 Å². The molecule has 2 amide bonds. The van der Waals surface area contributed by atoms with Crippen LogP contribution in [0.3, 0.4) is 0 Å². The van der Waals surface area contributed by atoms with Crippen LogP contribution in [0, 0.1) is 11.6 Å². The molecule has 2 fully saturated rings. The van der Waals surface area contributed by atoms with E-state index >= 15 is 0 Å². The number of likely N-dealkylation sites (tertiary alicyclic amines) is 2. The number of nitrogens with two attached hydrogens (primary N) is 1. The van der Waals surface area contributed by atoms with Crippen LogP contribution in [-0.2, 0) is 38.8 Å². The van der Waals surface area contributed by atoms with Gasteiger partial charge in [0.05, 0.1) is 44.6 Å². The molecule has 5 N–H and O–H groups in total. The Labute approximate surface area is 472 Å². The van der Waals surface area contributed by atoms with Crippen LogP contribution in [0.2, 0.25) is 15.1 Å². The number of rotatable bonds is 14. The number of halogens is 5. The number of H-pyrrole nitrogens is 2. The molecule has 0 bridgehead atoms. The second-order valence-corrected chi connectivity index (χ2v) is 22.5. The Kier molecular flexibility index (Phi) is 17.3. The third-order valence-electron chi connectivity index (χ3n) is 15.3. The molecule has 8 heterocycles. The number of hydrogen-bond donors (Lipinski definition) is 4. The van der Waals surface area contributed by atoms with Crippen molar-refractivity contribution in [3.8, 4) is 0 Å². The van der Waals surface area contributed by atoms with Crippen LogP contribution >= 0.6 is 34.8 Å². The number of carbonyl (C=O) groups excluding carboxylic acids is 2. The summed E-state index contributed by atoms with van der Waals surface area (Å²) in [5, 5.41) is 4.88. The van der Waals surface area contributed by atoms with Crippen LogP contribution in [0.15, 0.2) is 105 Å². The van der Waals surface area contributed by atoms with Gasteiger partial charge in [0, 0.05) is 97.8 Å². The molecule has 0 aliphatic carbocycles. The van der Waals surface area contributed by atoms with Gasteiger partial charge in [0.2, 0.25) is 0 Å². The number of amides is 2. The van der Waals surface area contributed by atoms with Gasteiger partial charge in [0.1, 0.15) is 11.6 Å². The van der Waals surface area contributed by atoms with Gasteiger partial charge in [0.25, 0.3) is 22.9 Å². The van der Waals surface area contributed by atoms with E-state index in [2.05, 4.69) is 30.1 Å². The fourth-order valence-electron chi connectivity index (χ4n) is 11.3. The van der Waals surface area contributed by atoms with E-state index in [1.165, 1.54) is 56.1 Å². The maximum absolute atomic E-state index is 13.7. The fourth-order valence-corrected chi connectivity index (χ4v) is 12.0. The zero-order valence-electron chi connectivity index (χ0n) is 44.2. The van der Waals surface area contributed by atoms with Crippen LogP contribution in [0.1, 0.15) is 105 Å². The zero-order valence-corrected chi connectivity index (χ0v) is 46.5. The number of nitrogens with zero attached hydrogens (tertiary/aromatic N) is 6. The summed E-state index contributed by atoms with van der Waals surface area (Å²) in [6.45, 7) is 12.9. The average molecular weight is 1130 g/mol. The Bertz CT molecular complexity index is 3500. The van der Waals surface area contributed by atoms with Crippen molar-refractivity contribution in [2.24, 2.45) is 15.7 Å². The number of aliphatic imine (C=N–C) groups is 2. The fraction of sp³-hybridized carbons (Fsp3) is 0.367. The number of pyridine rings is 2. The summed E-state index contributed by atoms with van der Waals surface area (Å²) in [6.07, 6.45) is 10.2. The molecular formula is C60H63Cl3F2N10O4. The second kappa shape index (κ2) is 24.5. The van der Waals surface area contributed by atoms with E-state index in [4.69, 9.17) is 45.5 Å². The predicted molar refractivity (Wildman–Crippen MR) is 310 cm³/mol. The van der Waals surface area contributed by atoms with Crippen molar-refractivity contribution >= 4 is 75.1 Å². The van der Waals surface area contributed by atoms with E-state index in [1.54, 1.807) is 24.4 Å². The molecule has 79 heavy (non-hydrogen) atoms. The lowest BCUT2D eigenvalue weighted by Crippen LogP contribution is -2.33. The van der Waals surface area contributed by atoms with Crippen molar-refractivity contribution < 1.29 is 18.4 Å². The first-order valence-corrected chi connectivity index (χ1v) is 28.2. The Balaban J connectivity index is 0.000000153. The van der Waals surface area contributed by atoms with Crippen molar-refractivity contribution in [1.29, 1.82) is 0 Å². The number of carbonyl (C=O) groups is 2. The predicted octanol–water partition coefficient (Wildman–Crippen LogP) is 10.1. The highest BCUT2D eigenvalue weighted by Gasteiger charge is 2.33. The number of nitrogens with one attached hydrogen (secondary N) is 3. The molecule has 4 aromatic carbocycles. The van der Waals surface area contributed by atoms with E-state index in [0.717, 1.165) is 103 Å². The minimum Gasteiger partial charge on any atom is -0.382 e. The van der Waals surface area contributed by atoms with Crippen LogP contribution < -0.4 is 22.2 Å². The Morgan fingerprint density at radius 2 is 1.05 bits per heavy atom. The van der Waals surface area contributed by atoms with Crippen molar-refractivity contribution in [1.82, 2.24) is 29.6 Å². The molecule has 412 valence electrons. The molecule has 14 nitrogen and oxygen atoms in total. The zero-order chi connectivity index (χ0) is 55.5. The van der Waals surface area contributed by atoms with Crippen molar-refractivity contribution in [3.63, 3.8) is 0 Å². The Hall–Kier alpha value is -6.53. The molecule has 6 aliphatic heterocycles. The van der Waals surface area contributed by atoms with E-state index < -0.39 is 0 Å². The first-order valence-electron chi connectivity index (χ1n) is 27.0. The maximum atomic E-state index is 13.7. The quantitative estimate of drug-likeness (QED) is 0.0834. The summed E-state index contributed by atoms with van der Waals surface area (Å²) >= 11 is 18.3. The average Bonchev–Trinajstić information content (AvgIpc) is 4.51. The second-order valence-electron chi connectivity index (χ2n) is 21.3. The van der Waals surface area contributed by atoms with Crippen LogP contribution in [0.25, 0.3) is 0 Å². The summed E-state index contributed by atoms with van der Waals surface area (Å²) in [6, 6.07) is 19.9. The minimum atomic E-state index is -0.336. The topological polar surface area (TPSA) is 176 Å². The van der Waals surface area contributed by atoms with Gasteiger partial charge in [0.15, 0.2) is 0 Å². The number of anilines is 1. The first-order chi connectivity index (χ1) is 38.0. The van der Waals surface area contributed by atoms with Gasteiger partial charge in [-0.15, -0.1) is 0 Å². The van der Waals surface area contributed by atoms with Gasteiger partial charge in [-0.05, 0) is 185 Å². The minimum absolute atomic E-state index is 0.00398. The summed E-state index contributed by atoms with van der Waals surface area (Å²) in [7, 11) is 0. The third-order valence-corrected chi connectivity index (χ3v) is 16.3. The number of hydrogen-bond acceptors (Lipinski definition) is 10. The third kappa shape index (κ3) is 12.9. The standard InChI is InChI=1S/C30H31ClFN5O2.C21H21ClN4O2.C9H11ClFN/c1-18(12-19-13-22(32)4-5-24(19)31)34-25-6-7-33-29(38)28(25)27-15-20-14-23-21(16-26(20)35-27)17-37(30(23)39)11-10-36-8-2-3-9-36;22-16-3-4-23-20(27)19(16)18-10-13-9-15-14(11-17(13)24-18)12-26(21(15)28)8-7-25-5-1-2-6-25;1-6(12)4-7-5-8(11)2-3-9(7)10/h4-7,13-14,16,18H,2-3,8-12,15,17H2,1H3,(H2,33,34,38);3-4,9,11H,1-2,5-8,10,12H2,(H,23,27);2-3,5-6H,4,12H2,1H3/t18-;;6-/m0.0/s1. The first kappa shape index (κ1) is 55.8. The SMILES string of the molecule is C[C@@H](Cc1cc(F)ccc1Cl)Nc1cc[nH]c(=O)c1C1=Nc2cc3c(cc2C1)C(=O)N(CCN1CCCC1)C3.C[C@H](N)Cc1cc(F)ccc1Cl.O=C1c2cc3c(cc2CN1CCN1CCCC1)N=C(c1c(Cl)cc[nH]c1=O)C3. The molecule has 2 saturated heterocycles. The van der Waals surface area contributed by atoms with Crippen LogP contribution in [0.5, 0.6) is 0 Å². The maximum Gasteiger partial charge on any atom is 0.259 e. The van der Waals surface area contributed by atoms with Gasteiger partial charge in [-0.25, -0.2) is 8.78 Å². The van der Waals surface area contributed by atoms with Gasteiger partial charge < -0.3 is 40.6 Å². The number of fused-ring (bicyclic) bond motifs is 4. The molecule has 0 radical (unpaired) electrons. The van der Waals surface area contributed by atoms with Crippen molar-refractivity contribution in [2.45, 2.75) is 90.4 Å². The lowest BCUT2D eigenvalue weighted by molar-refractivity contribution is 0.0756. The number of aromatic amines is 2. The monoisotopic (exact) mass is 1130 g/mol. The summed E-state index contributed by atoms with van der Waals surface area (Å²) in [5.74, 6) is -0.433. The Morgan fingerprint density at radius 1 is 0.582 bits per heavy atom. The summed E-state index contributed by atoms with van der Waals surface area (Å²) < 4.78 is 26.4. The van der Waals surface area contributed by atoms with E-state index in [0.29, 0.717) is 87.6 Å². The van der Waals surface area contributed by atoms with Crippen molar-refractivity contribution in [2.75, 3.05) is 57.7 Å². The lowest BCUT2D eigenvalue weighted by atomic mass is 10.00. The van der Waals surface area contributed by atoms with E-state index in [9.17, 15) is 28.0 Å². The van der Waals surface area contributed by atoms with Gasteiger partial charge in [-0.2, -0.15) is 0 Å². The van der Waals surface area contributed by atoms with Crippen LogP contribution in [0.4, 0.5) is 25.8 Å². The van der Waals surface area contributed by atoms with Gasteiger partial charge in [-0.3, -0.25) is 29.2 Å². The van der Waals surface area contributed by atoms with Gasteiger partial charge in [-0.1, -0.05) is 34.8 Å². The number of aromatic nitrogens is 2. The van der Waals surface area contributed by atoms with Crippen molar-refractivity contribution in [3.05, 3.63) is 188 Å². The molecule has 6 aliphatic rings. The molecule has 2 aromatic heterocycles. The highest BCUT2D eigenvalue weighted by Crippen LogP contribution is 2.38. The molecular weight excluding hydrogens is 1070 g/mol. The number of benzene rings is 4. The summed E-state index contributed by atoms with van der Waals surface area (Å²) in [5.41, 5.74) is 16.5. The molecule has 2 atom stereocenters. The van der Waals surface area contributed by atoms with Gasteiger partial charge >= 0.3 is 0 Å². The smallest absolute Gasteiger partial charge is 0.259 e.